The molecule has 0 amide bonds. The van der Waals surface area contributed by atoms with E-state index in [1.165, 1.54) is 20.5 Å². The molecule has 0 aromatic carbocycles. The number of aliphatic hydroxyl groups excluding tert-OH is 1. The summed E-state index contributed by atoms with van der Waals surface area (Å²) in [6.45, 7) is -0.346. The van der Waals surface area contributed by atoms with Crippen LogP contribution in [0.4, 0.5) is 23.4 Å². The van der Waals surface area contributed by atoms with Crippen molar-refractivity contribution >= 4 is 76.2 Å². The van der Waals surface area contributed by atoms with Crippen molar-refractivity contribution in [3.8, 4) is 0 Å². The van der Waals surface area contributed by atoms with Gasteiger partial charge in [-0.05, 0) is 0 Å². The van der Waals surface area contributed by atoms with Gasteiger partial charge < -0.3 is 74.9 Å². The summed E-state index contributed by atoms with van der Waals surface area (Å²) in [7, 11) is -1.84. The van der Waals surface area contributed by atoms with Crippen LogP contribution in [0.1, 0.15) is 12.6 Å². The van der Waals surface area contributed by atoms with Crippen molar-refractivity contribution < 1.29 is 42.5 Å². The summed E-state index contributed by atoms with van der Waals surface area (Å²) < 4.78 is 36.0. The molecule has 1 fully saturated rings. The monoisotopic (exact) mass is 682 g/mol. The Kier molecular flexibility index (Phi) is 11.9. The van der Waals surface area contributed by atoms with E-state index in [4.69, 9.17) is 69.2 Å². The molecule has 4 heterocycles. The van der Waals surface area contributed by atoms with E-state index in [0.29, 0.717) is 15.8 Å². The predicted molar refractivity (Wildman–Crippen MR) is 161 cm³/mol. The lowest BCUT2D eigenvalue weighted by Crippen LogP contribution is -2.37. The number of nitrogens with zero attached hydrogens (tertiary/aromatic N) is 4. The fourth-order valence-electron chi connectivity index (χ4n) is 4.10. The van der Waals surface area contributed by atoms with Crippen LogP contribution in [0.3, 0.4) is 0 Å². The van der Waals surface area contributed by atoms with Gasteiger partial charge in [0.15, 0.2) is 11.5 Å². The molecule has 0 saturated carbocycles. The largest absolute Gasteiger partial charge is 0.393 e. The van der Waals surface area contributed by atoms with Crippen molar-refractivity contribution in [2.75, 3.05) is 56.5 Å². The number of imidazole rings is 1. The van der Waals surface area contributed by atoms with E-state index in [0.717, 1.165) is 0 Å². The zero-order valence-corrected chi connectivity index (χ0v) is 26.2. The number of nitrogens with one attached hydrogen (secondary N) is 3. The molecule has 1 aliphatic heterocycles. The lowest BCUT2D eigenvalue weighted by molar-refractivity contribution is -0.0461. The first-order chi connectivity index (χ1) is 20.5. The van der Waals surface area contributed by atoms with E-state index in [1.54, 1.807) is 4.57 Å². The van der Waals surface area contributed by atoms with Gasteiger partial charge in [0, 0.05) is 27.2 Å². The summed E-state index contributed by atoms with van der Waals surface area (Å²) in [5.74, 6) is 0.379. The van der Waals surface area contributed by atoms with Gasteiger partial charge in [0.05, 0.1) is 31.7 Å². The molecule has 1 aliphatic rings. The molecular weight excluding hydrogens is 650 g/mol. The van der Waals surface area contributed by atoms with Crippen LogP contribution in [0.15, 0.2) is 6.33 Å². The summed E-state index contributed by atoms with van der Waals surface area (Å²) >= 11 is 10.4. The number of anilines is 4. The molecule has 6 unspecified atom stereocenters. The van der Waals surface area contributed by atoms with Crippen molar-refractivity contribution in [1.82, 2.24) is 29.5 Å². The van der Waals surface area contributed by atoms with Gasteiger partial charge in [-0.15, -0.1) is 0 Å². The third-order valence-electron chi connectivity index (χ3n) is 6.19. The fourth-order valence-corrected chi connectivity index (χ4v) is 5.79. The molecule has 3 aromatic heterocycles. The average Bonchev–Trinajstić information content (AvgIpc) is 3.56. The Labute approximate surface area is 257 Å². The zero-order valence-electron chi connectivity index (χ0n) is 22.8. The van der Waals surface area contributed by atoms with Gasteiger partial charge in [-0.25, -0.2) is 4.98 Å². The van der Waals surface area contributed by atoms with Gasteiger partial charge in [-0.1, -0.05) is 24.4 Å². The van der Waals surface area contributed by atoms with Crippen LogP contribution >= 0.6 is 41.6 Å². The van der Waals surface area contributed by atoms with Crippen LogP contribution in [0, 0.1) is 9.28 Å². The summed E-state index contributed by atoms with van der Waals surface area (Å²) in [5.41, 5.74) is 18.4. The maximum Gasteiger partial charge on any atom is 0.332 e. The summed E-state index contributed by atoms with van der Waals surface area (Å²) in [5, 5.41) is 13.6. The fraction of sp³-hybridized carbons (Fsp3) is 0.550. The minimum Gasteiger partial charge on any atom is -0.393 e. The molecule has 1 saturated heterocycles. The number of aromatic nitrogens is 6. The molecule has 0 bridgehead atoms. The molecule has 238 valence electrons. The van der Waals surface area contributed by atoms with Crippen LogP contribution in [0.5, 0.6) is 0 Å². The Morgan fingerprint density at radius 3 is 2.58 bits per heavy atom. The number of methoxy groups -OCH3 is 1. The number of nitrogen functional groups attached to an aromatic ring is 3. The Morgan fingerprint density at radius 1 is 1.16 bits per heavy atom. The number of aromatic amines is 2. The van der Waals surface area contributed by atoms with E-state index in [2.05, 4.69) is 30.2 Å². The highest BCUT2D eigenvalue weighted by Gasteiger charge is 2.41. The number of fused-ring (bicyclic) bond motifs is 1. The Bertz CT molecular complexity index is 1500. The molecule has 6 atom stereocenters. The zero-order chi connectivity index (χ0) is 31.3. The van der Waals surface area contributed by atoms with Gasteiger partial charge in [0.25, 0.3) is 0 Å². The lowest BCUT2D eigenvalue weighted by Gasteiger charge is -2.26. The molecule has 12 N–H and O–H groups in total. The Morgan fingerprint density at radius 2 is 1.88 bits per heavy atom. The van der Waals surface area contributed by atoms with Crippen molar-refractivity contribution in [3.63, 3.8) is 0 Å². The first kappa shape index (κ1) is 33.7. The Balaban J connectivity index is 1.40. The molecule has 19 nitrogen and oxygen atoms in total. The van der Waals surface area contributed by atoms with Crippen molar-refractivity contribution in [3.05, 3.63) is 15.6 Å². The first-order valence-electron chi connectivity index (χ1n) is 12.4. The highest BCUT2D eigenvalue weighted by atomic mass is 32.1. The van der Waals surface area contributed by atoms with E-state index in [-0.39, 0.29) is 54.2 Å². The molecule has 3 aromatic rings. The maximum atomic E-state index is 10.7. The summed E-state index contributed by atoms with van der Waals surface area (Å²) in [6.07, 6.45) is -2.23. The third kappa shape index (κ3) is 8.49. The second kappa shape index (κ2) is 15.2. The van der Waals surface area contributed by atoms with Gasteiger partial charge in [-0.2, -0.15) is 9.97 Å². The van der Waals surface area contributed by atoms with Crippen LogP contribution < -0.4 is 22.5 Å². The van der Waals surface area contributed by atoms with Crippen molar-refractivity contribution in [2.45, 2.75) is 37.1 Å². The number of hydrogen-bond acceptors (Lipinski definition) is 18. The summed E-state index contributed by atoms with van der Waals surface area (Å²) in [6, 6.07) is 0. The lowest BCUT2D eigenvalue weighted by atomic mass is 10.2. The third-order valence-corrected chi connectivity index (χ3v) is 8.29. The first-order valence-corrected chi connectivity index (χ1v) is 15.5. The number of nitrogens with two attached hydrogens (primary N) is 3. The molecule has 0 aliphatic carbocycles. The second-order valence-electron chi connectivity index (χ2n) is 8.97. The highest BCUT2D eigenvalue weighted by Crippen LogP contribution is 2.46. The van der Waals surface area contributed by atoms with Crippen LogP contribution in [0.2, 0.25) is 0 Å². The molecular formula is C20H32N10O9P2S2. The van der Waals surface area contributed by atoms with Gasteiger partial charge in [-0.3, -0.25) is 4.57 Å². The molecule has 23 heteroatoms. The van der Waals surface area contributed by atoms with E-state index < -0.39 is 47.8 Å². The smallest absolute Gasteiger partial charge is 0.332 e. The molecule has 4 rings (SSSR count). The summed E-state index contributed by atoms with van der Waals surface area (Å²) in [4.78, 5) is 36.6. The number of ether oxygens (including phenoxy) is 2. The van der Waals surface area contributed by atoms with Crippen LogP contribution in [-0.2, 0) is 27.6 Å². The minimum atomic E-state index is -2.64. The molecule has 0 spiro atoms. The van der Waals surface area contributed by atoms with Crippen LogP contribution in [0.25, 0.3) is 11.2 Å². The van der Waals surface area contributed by atoms with Gasteiger partial charge in [0.2, 0.25) is 11.9 Å². The van der Waals surface area contributed by atoms with Crippen molar-refractivity contribution in [1.29, 1.82) is 0 Å². The molecule has 43 heavy (non-hydrogen) atoms. The Hall–Kier alpha value is -2.23. The average molecular weight is 683 g/mol. The number of hydrogen-bond donors (Lipinski definition) is 9. The highest BCUT2D eigenvalue weighted by molar-refractivity contribution is 7.71. The van der Waals surface area contributed by atoms with E-state index in [9.17, 15) is 14.9 Å². The second-order valence-corrected chi connectivity index (χ2v) is 11.8. The van der Waals surface area contributed by atoms with Gasteiger partial charge in [0.1, 0.15) is 38.9 Å². The topological polar surface area (TPSA) is 281 Å². The van der Waals surface area contributed by atoms with E-state index >= 15 is 0 Å². The van der Waals surface area contributed by atoms with Crippen LogP contribution in [-0.4, -0.2) is 103 Å². The SMILES string of the molecule is COC(COP(OC)OC1CC(n2cnc3c(=S)[nH]c(N)nc32)OC1COP(O)O)C(O)CNc1nc(N)[nH]c(=S)c1N. The number of rotatable bonds is 15. The number of H-pyrrole nitrogens is 2. The van der Waals surface area contributed by atoms with Gasteiger partial charge >= 0.3 is 17.2 Å². The quantitative estimate of drug-likeness (QED) is 0.0797. The predicted octanol–water partition coefficient (Wildman–Crippen LogP) is 0.967. The van der Waals surface area contributed by atoms with E-state index in [1.807, 2.05) is 0 Å². The normalized spacial score (nSPS) is 20.9. The minimum absolute atomic E-state index is 0.0207. The number of aliphatic hydroxyl groups is 1. The van der Waals surface area contributed by atoms with Crippen molar-refractivity contribution in [2.24, 2.45) is 0 Å². The maximum absolute atomic E-state index is 10.7. The molecule has 0 radical (unpaired) electrons. The standard InChI is InChI=1S/C20H32N10O9P2S2/c1-34-10(8(31)4-24-15-13(21)17(42)28-19(22)26-15)5-37-41(35-2)39-9-3-12(38-11(9)6-36-40(32)33)30-7-25-14-16(30)27-20(23)29-18(14)43/h7-12,31-33H,3-6,21H2,1-2H3,(H3,23,27,29,43)(H4,22,24,26,28,42).